The SMILES string of the molecule is COc1ccc(C(Br)C2CCS(=O)(=O)C2)c(F)c1. The molecule has 2 atom stereocenters. The first-order valence-electron chi connectivity index (χ1n) is 5.61. The first-order valence-corrected chi connectivity index (χ1v) is 8.34. The topological polar surface area (TPSA) is 43.4 Å². The van der Waals surface area contributed by atoms with E-state index in [1.807, 2.05) is 0 Å². The first-order chi connectivity index (χ1) is 8.43. The standard InChI is InChI=1S/C12H14BrFO3S/c1-17-9-2-3-10(11(14)6-9)12(13)8-4-5-18(15,16)7-8/h2-3,6,8,12H,4-5,7H2,1H3. The molecule has 0 radical (unpaired) electrons. The number of sulfone groups is 1. The monoisotopic (exact) mass is 336 g/mol. The number of rotatable bonds is 3. The van der Waals surface area contributed by atoms with Crippen molar-refractivity contribution in [2.45, 2.75) is 11.2 Å². The van der Waals surface area contributed by atoms with Crippen LogP contribution in [0, 0.1) is 11.7 Å². The van der Waals surface area contributed by atoms with E-state index in [1.165, 1.54) is 13.2 Å². The van der Waals surface area contributed by atoms with Gasteiger partial charge in [-0.1, -0.05) is 22.0 Å². The predicted molar refractivity (Wildman–Crippen MR) is 71.4 cm³/mol. The minimum atomic E-state index is -2.95. The second-order valence-electron chi connectivity index (χ2n) is 4.45. The molecule has 2 unspecified atom stereocenters. The summed E-state index contributed by atoms with van der Waals surface area (Å²) in [6, 6.07) is 4.63. The second kappa shape index (κ2) is 5.17. The molecule has 6 heteroatoms. The van der Waals surface area contributed by atoms with Gasteiger partial charge in [-0.25, -0.2) is 12.8 Å². The zero-order valence-electron chi connectivity index (χ0n) is 9.90. The molecule has 0 spiro atoms. The molecular weight excluding hydrogens is 323 g/mol. The van der Waals surface area contributed by atoms with Gasteiger partial charge in [0.15, 0.2) is 9.84 Å². The van der Waals surface area contributed by atoms with E-state index in [0.717, 1.165) is 0 Å². The van der Waals surface area contributed by atoms with Crippen LogP contribution < -0.4 is 4.74 Å². The Hall–Kier alpha value is -0.620. The van der Waals surface area contributed by atoms with Crippen LogP contribution in [0.1, 0.15) is 16.8 Å². The number of hydrogen-bond acceptors (Lipinski definition) is 3. The minimum absolute atomic E-state index is 0.0714. The average Bonchev–Trinajstić information content (AvgIpc) is 2.68. The number of benzene rings is 1. The fraction of sp³-hybridized carbons (Fsp3) is 0.500. The van der Waals surface area contributed by atoms with Crippen LogP contribution in [-0.4, -0.2) is 27.0 Å². The van der Waals surface area contributed by atoms with E-state index in [2.05, 4.69) is 15.9 Å². The summed E-state index contributed by atoms with van der Waals surface area (Å²) in [5, 5.41) is 0. The Morgan fingerprint density at radius 3 is 2.72 bits per heavy atom. The van der Waals surface area contributed by atoms with E-state index in [-0.39, 0.29) is 28.1 Å². The Morgan fingerprint density at radius 1 is 1.50 bits per heavy atom. The molecule has 0 amide bonds. The number of methoxy groups -OCH3 is 1. The van der Waals surface area contributed by atoms with Gasteiger partial charge in [-0.3, -0.25) is 0 Å². The molecule has 0 N–H and O–H groups in total. The van der Waals surface area contributed by atoms with Crippen molar-refractivity contribution in [3.8, 4) is 5.75 Å². The van der Waals surface area contributed by atoms with Gasteiger partial charge < -0.3 is 4.74 Å². The molecule has 1 aliphatic heterocycles. The van der Waals surface area contributed by atoms with Gasteiger partial charge in [0.2, 0.25) is 0 Å². The van der Waals surface area contributed by atoms with Crippen molar-refractivity contribution in [1.29, 1.82) is 0 Å². The lowest BCUT2D eigenvalue weighted by atomic mass is 9.98. The molecule has 2 rings (SSSR count). The highest BCUT2D eigenvalue weighted by Gasteiger charge is 2.34. The normalized spacial score (nSPS) is 23.8. The van der Waals surface area contributed by atoms with Gasteiger partial charge in [-0.15, -0.1) is 0 Å². The summed E-state index contributed by atoms with van der Waals surface area (Å²) >= 11 is 3.42. The summed E-state index contributed by atoms with van der Waals surface area (Å²) in [6.45, 7) is 0. The van der Waals surface area contributed by atoms with Crippen molar-refractivity contribution in [2.75, 3.05) is 18.6 Å². The molecule has 1 heterocycles. The van der Waals surface area contributed by atoms with E-state index in [1.54, 1.807) is 12.1 Å². The fourth-order valence-electron chi connectivity index (χ4n) is 2.17. The Labute approximate surface area is 114 Å². The van der Waals surface area contributed by atoms with Crippen LogP contribution in [0.4, 0.5) is 4.39 Å². The van der Waals surface area contributed by atoms with Crippen LogP contribution in [-0.2, 0) is 9.84 Å². The summed E-state index contributed by atoms with van der Waals surface area (Å²) < 4.78 is 41.7. The lowest BCUT2D eigenvalue weighted by molar-refractivity contribution is 0.410. The molecule has 1 saturated heterocycles. The molecule has 1 aromatic rings. The van der Waals surface area contributed by atoms with Gasteiger partial charge in [0.25, 0.3) is 0 Å². The Balaban J connectivity index is 2.21. The molecule has 0 bridgehead atoms. The maximum atomic E-state index is 13.9. The van der Waals surface area contributed by atoms with Crippen molar-refractivity contribution in [1.82, 2.24) is 0 Å². The smallest absolute Gasteiger partial charge is 0.150 e. The van der Waals surface area contributed by atoms with Gasteiger partial charge in [0.1, 0.15) is 11.6 Å². The molecule has 1 fully saturated rings. The summed E-state index contributed by atoms with van der Waals surface area (Å²) in [5.74, 6) is 0.319. The van der Waals surface area contributed by atoms with Crippen LogP contribution in [0.25, 0.3) is 0 Å². The van der Waals surface area contributed by atoms with Gasteiger partial charge in [-0.05, 0) is 18.4 Å². The molecule has 3 nitrogen and oxygen atoms in total. The quantitative estimate of drug-likeness (QED) is 0.797. The molecule has 0 aromatic heterocycles. The van der Waals surface area contributed by atoms with E-state index in [0.29, 0.717) is 17.7 Å². The van der Waals surface area contributed by atoms with Gasteiger partial charge >= 0.3 is 0 Å². The van der Waals surface area contributed by atoms with Crippen LogP contribution in [0.15, 0.2) is 18.2 Å². The summed E-state index contributed by atoms with van der Waals surface area (Å²) in [7, 11) is -1.48. The van der Waals surface area contributed by atoms with E-state index >= 15 is 0 Å². The van der Waals surface area contributed by atoms with Crippen molar-refractivity contribution < 1.29 is 17.5 Å². The minimum Gasteiger partial charge on any atom is -0.497 e. The van der Waals surface area contributed by atoms with Gasteiger partial charge in [0, 0.05) is 16.5 Å². The highest BCUT2D eigenvalue weighted by molar-refractivity contribution is 9.09. The summed E-state index contributed by atoms with van der Waals surface area (Å²) in [5.41, 5.74) is 0.484. The van der Waals surface area contributed by atoms with Gasteiger partial charge in [-0.2, -0.15) is 0 Å². The van der Waals surface area contributed by atoms with E-state index in [9.17, 15) is 12.8 Å². The highest BCUT2D eigenvalue weighted by atomic mass is 79.9. The third-order valence-corrected chi connectivity index (χ3v) is 6.22. The summed E-state index contributed by atoms with van der Waals surface area (Å²) in [6.07, 6.45) is 0.573. The molecule has 1 aromatic carbocycles. The number of halogens is 2. The predicted octanol–water partition coefficient (Wildman–Crippen LogP) is 2.71. The van der Waals surface area contributed by atoms with Gasteiger partial charge in [0.05, 0.1) is 18.6 Å². The number of alkyl halides is 1. The van der Waals surface area contributed by atoms with Crippen molar-refractivity contribution in [3.05, 3.63) is 29.6 Å². The number of hydrogen-bond donors (Lipinski definition) is 0. The largest absolute Gasteiger partial charge is 0.497 e. The second-order valence-corrected chi connectivity index (χ2v) is 7.67. The molecule has 0 saturated carbocycles. The Kier molecular flexibility index (Phi) is 3.96. The van der Waals surface area contributed by atoms with Crippen molar-refractivity contribution >= 4 is 25.8 Å². The van der Waals surface area contributed by atoms with Crippen LogP contribution in [0.5, 0.6) is 5.75 Å². The van der Waals surface area contributed by atoms with Crippen LogP contribution >= 0.6 is 15.9 Å². The first kappa shape index (κ1) is 13.8. The summed E-state index contributed by atoms with van der Waals surface area (Å²) in [4.78, 5) is -0.277. The maximum absolute atomic E-state index is 13.9. The van der Waals surface area contributed by atoms with Crippen LogP contribution in [0.3, 0.4) is 0 Å². The zero-order valence-corrected chi connectivity index (χ0v) is 12.3. The lowest BCUT2D eigenvalue weighted by Gasteiger charge is -2.17. The molecule has 1 aliphatic rings. The third-order valence-electron chi connectivity index (χ3n) is 3.19. The lowest BCUT2D eigenvalue weighted by Crippen LogP contribution is -2.11. The van der Waals surface area contributed by atoms with Crippen LogP contribution in [0.2, 0.25) is 0 Å². The number of ether oxygens (including phenoxy) is 1. The molecule has 18 heavy (non-hydrogen) atoms. The average molecular weight is 337 g/mol. The molecule has 0 aliphatic carbocycles. The fourth-order valence-corrected chi connectivity index (χ4v) is 5.08. The highest BCUT2D eigenvalue weighted by Crippen LogP contribution is 2.39. The zero-order chi connectivity index (χ0) is 13.3. The maximum Gasteiger partial charge on any atom is 0.150 e. The van der Waals surface area contributed by atoms with E-state index in [4.69, 9.17) is 4.74 Å². The van der Waals surface area contributed by atoms with E-state index < -0.39 is 9.84 Å². The Bertz CT molecular complexity index is 544. The molecular formula is C12H14BrFO3S. The van der Waals surface area contributed by atoms with Crippen molar-refractivity contribution in [3.63, 3.8) is 0 Å². The third kappa shape index (κ3) is 2.85. The molecule has 100 valence electrons. The Morgan fingerprint density at radius 2 is 2.22 bits per heavy atom. The van der Waals surface area contributed by atoms with Crippen molar-refractivity contribution in [2.24, 2.45) is 5.92 Å².